The largest absolute Gasteiger partial charge is 0.507 e. The minimum atomic E-state index is -2.17. The van der Waals surface area contributed by atoms with E-state index < -0.39 is 118 Å². The SMILES string of the molecule is CO[C@H]1/C=C/O[C@@]2(C)Oc3c(C)c(O)c4c(=O)c(c5oc6cc(N7CCC(NC(=O)OCc8ccc(NC(=O)[C@H](CCCNC(=N)N)CC(=O)[C@H](Cc9ccccc9)NC(=O)CCCCCN9C(=O)C=CC9=O)cc8)CC7)cc(O)c6nc-5c4c3C2=O)NC(=O)/C(C)=C\C=C\[C@H](C)[C@H](O)[C@@H](C)[C@@H](O)[C@@H](C)[C@H](OC(C)=O)[C@@H]1C. The number of alkyl carbamates (subject to hydrolysis) is 1. The third-order valence-electron chi connectivity index (χ3n) is 21.2. The van der Waals surface area contributed by atoms with Crippen molar-refractivity contribution < 1.29 is 91.7 Å². The van der Waals surface area contributed by atoms with E-state index in [2.05, 4.69) is 26.6 Å². The lowest BCUT2D eigenvalue weighted by atomic mass is 9.78. The van der Waals surface area contributed by atoms with Crippen LogP contribution >= 0.6 is 0 Å². The van der Waals surface area contributed by atoms with Gasteiger partial charge >= 0.3 is 17.8 Å². The van der Waals surface area contributed by atoms with Crippen LogP contribution in [0.3, 0.4) is 0 Å². The summed E-state index contributed by atoms with van der Waals surface area (Å²) in [5.74, 6) is -11.8. The molecule has 5 heterocycles. The van der Waals surface area contributed by atoms with Crippen molar-refractivity contribution in [2.24, 2.45) is 35.3 Å². The van der Waals surface area contributed by atoms with Gasteiger partial charge < -0.3 is 85.7 Å². The Balaban J connectivity index is 0.820. The Bertz CT molecular complexity index is 4700. The Morgan fingerprint density at radius 3 is 2.24 bits per heavy atom. The number of carbonyl (C=O) groups excluding carboxylic acids is 9. The first-order valence-corrected chi connectivity index (χ1v) is 37.6. The number of piperidine rings is 1. The van der Waals surface area contributed by atoms with Crippen LogP contribution in [0.2, 0.25) is 0 Å². The number of methoxy groups -OCH3 is 1. The van der Waals surface area contributed by atoms with Crippen LogP contribution in [0.5, 0.6) is 17.2 Å². The van der Waals surface area contributed by atoms with Gasteiger partial charge in [-0.05, 0) is 88.1 Å². The van der Waals surface area contributed by atoms with E-state index in [0.717, 1.165) is 10.5 Å². The minimum absolute atomic E-state index is 0.0351. The number of aromatic nitrogens is 1. The average Bonchev–Trinajstić information content (AvgIpc) is 1.34. The number of ether oxygens (including phenoxy) is 5. The van der Waals surface area contributed by atoms with E-state index in [1.807, 2.05) is 35.2 Å². The second-order valence-electron chi connectivity index (χ2n) is 29.3. The predicted molar refractivity (Wildman–Crippen MR) is 415 cm³/mol. The number of anilines is 3. The molecule has 30 nitrogen and oxygen atoms in total. The van der Waals surface area contributed by atoms with Crippen molar-refractivity contribution in [1.82, 2.24) is 25.8 Å². The van der Waals surface area contributed by atoms with Crippen molar-refractivity contribution in [3.8, 4) is 28.7 Å². The summed E-state index contributed by atoms with van der Waals surface area (Å²) < 4.78 is 36.3. The van der Waals surface area contributed by atoms with Crippen molar-refractivity contribution in [1.29, 1.82) is 5.41 Å². The summed E-state index contributed by atoms with van der Waals surface area (Å²) in [5, 5.41) is 68.3. The minimum Gasteiger partial charge on any atom is -0.507 e. The number of phenols is 2. The van der Waals surface area contributed by atoms with Gasteiger partial charge in [0.25, 0.3) is 23.5 Å². The van der Waals surface area contributed by atoms with Gasteiger partial charge in [-0.25, -0.2) is 9.78 Å². The number of guanidine groups is 1. The fourth-order valence-electron chi connectivity index (χ4n) is 14.7. The van der Waals surface area contributed by atoms with Crippen molar-refractivity contribution in [2.45, 2.75) is 168 Å². The molecule has 5 aliphatic heterocycles. The molecule has 0 aromatic heterocycles. The van der Waals surface area contributed by atoms with Crippen molar-refractivity contribution in [2.75, 3.05) is 48.8 Å². The molecule has 0 spiro atoms. The number of allylic oxidation sites excluding steroid dienone is 2. The van der Waals surface area contributed by atoms with E-state index in [-0.39, 0.29) is 137 Å². The monoisotopic (exact) mass is 1540 g/mol. The van der Waals surface area contributed by atoms with E-state index in [4.69, 9.17) is 44.2 Å². The molecule has 1 fully saturated rings. The molecular weight excluding hydrogens is 1440 g/mol. The maximum Gasteiger partial charge on any atom is 0.407 e. The number of ketones is 2. The van der Waals surface area contributed by atoms with Crippen LogP contribution in [0.4, 0.5) is 21.9 Å². The number of nitrogens with one attached hydrogen (secondary N) is 6. The Labute approximate surface area is 647 Å². The molecule has 30 heteroatoms. The van der Waals surface area contributed by atoms with Gasteiger partial charge in [-0.3, -0.25) is 53.5 Å². The Kier molecular flexibility index (Phi) is 27.1. The van der Waals surface area contributed by atoms with Gasteiger partial charge in [-0.2, -0.15) is 0 Å². The smallest absolute Gasteiger partial charge is 0.407 e. The lowest BCUT2D eigenvalue weighted by Gasteiger charge is -2.38. The quantitative estimate of drug-likeness (QED) is 0.00514. The number of nitrogens with two attached hydrogens (primary N) is 1. The number of hydrogen-bond acceptors (Lipinski definition) is 23. The lowest BCUT2D eigenvalue weighted by Crippen LogP contribution is -2.46. The number of carbonyl (C=O) groups is 9. The average molecular weight is 1540 g/mol. The number of esters is 1. The number of imide groups is 1. The molecule has 596 valence electrons. The third-order valence-corrected chi connectivity index (χ3v) is 21.2. The van der Waals surface area contributed by atoms with Crippen LogP contribution in [0.25, 0.3) is 33.3 Å². The number of unbranched alkanes of at least 4 members (excludes halogenated alkanes) is 2. The third kappa shape index (κ3) is 19.4. The van der Waals surface area contributed by atoms with E-state index in [9.17, 15) is 58.8 Å². The van der Waals surface area contributed by atoms with Gasteiger partial charge in [0.15, 0.2) is 23.1 Å². The van der Waals surface area contributed by atoms with Crippen LogP contribution in [-0.4, -0.2) is 165 Å². The van der Waals surface area contributed by atoms with Gasteiger partial charge in [0.2, 0.25) is 17.2 Å². The first-order chi connectivity index (χ1) is 53.4. The number of nitrogens with zero attached hydrogens (tertiary/aromatic N) is 3. The van der Waals surface area contributed by atoms with Crippen LogP contribution in [-0.2, 0) is 65.5 Å². The van der Waals surface area contributed by atoms with E-state index in [0.29, 0.717) is 68.6 Å². The maximum atomic E-state index is 15.2. The number of Topliss-reactive ketones (excluding diaryl/α,β-unsaturated/α-hetero) is 2. The second-order valence-corrected chi connectivity index (χ2v) is 29.3. The van der Waals surface area contributed by atoms with E-state index in [1.54, 1.807) is 64.1 Å². The van der Waals surface area contributed by atoms with Gasteiger partial charge in [0, 0.05) is 148 Å². The standard InChI is InChI=1S/C82H98N10O20/c1-43-18-16-19-44(2)78(104)90-69-73(102)65-64(66-75(48(6)72(65)101)112-82(8,77(66)103)109-37-32-59(107-9)45(3)74(110-49(7)93)47(5)71(100)46(4)70(43)99)68-76(69)111-60-41-55(40-58(95)67(60)89-68)91-35-30-54(31-36-91)87-81(106)108-42-51-24-26-53(27-25-51)86-79(105)52(22-17-33-85-80(83)84)39-57(94)56(38-50-20-12-10-13-21-50)88-61(96)23-14-11-15-34-92-62(97)28-29-63(92)98/h10,12-13,16,18-21,24-29,32,37,40-41,43,45-47,52,54,56,59,70-71,74,95,99-101H,11,14-15,17,22-23,30-31,33-36,38-39,42H2,1-9H3,(H,86,105)(H,87,106)(H,88,96)(H,90,104)(H4,83,84,85)/b18-16+,37-32+,44-19-/t43-,45+,46+,47+,52+,56-,59-,70-,71+,74+,82-/m0/s1. The molecule has 11 atom stereocenters. The highest BCUT2D eigenvalue weighted by atomic mass is 16.7. The van der Waals surface area contributed by atoms with Crippen LogP contribution in [0, 0.1) is 41.9 Å². The number of hydrogen-bond donors (Lipinski definition) is 11. The molecule has 0 saturated carbocycles. The predicted octanol–water partition coefficient (Wildman–Crippen LogP) is 8.54. The first-order valence-electron chi connectivity index (χ1n) is 37.6. The number of fused-ring (bicyclic) bond motifs is 2. The molecule has 0 radical (unpaired) electrons. The van der Waals surface area contributed by atoms with Crippen molar-refractivity contribution in [3.05, 3.63) is 147 Å². The van der Waals surface area contributed by atoms with Crippen molar-refractivity contribution >= 4 is 98.1 Å². The Morgan fingerprint density at radius 1 is 0.857 bits per heavy atom. The number of benzene rings is 5. The van der Waals surface area contributed by atoms with Gasteiger partial charge in [-0.1, -0.05) is 94.8 Å². The Hall–Kier alpha value is -11.5. The number of aromatic hydroxyl groups is 2. The zero-order chi connectivity index (χ0) is 81.0. The molecule has 1 saturated heterocycles. The van der Waals surface area contributed by atoms with Crippen LogP contribution in [0.1, 0.15) is 133 Å². The first kappa shape index (κ1) is 83.0. The highest BCUT2D eigenvalue weighted by Crippen LogP contribution is 2.51. The van der Waals surface area contributed by atoms with Crippen molar-refractivity contribution in [3.63, 3.8) is 0 Å². The van der Waals surface area contributed by atoms with Crippen LogP contribution in [0.15, 0.2) is 124 Å². The second kappa shape index (κ2) is 36.6. The molecule has 4 aromatic rings. The number of aliphatic hydroxyl groups is 2. The van der Waals surface area contributed by atoms with E-state index in [1.165, 1.54) is 77.5 Å². The normalized spacial score (nSPS) is 23.3. The molecule has 10 rings (SSSR count). The summed E-state index contributed by atoms with van der Waals surface area (Å²) in [6.45, 7) is 13.3. The molecular formula is C82H98N10O20. The highest BCUT2D eigenvalue weighted by Gasteiger charge is 2.50. The highest BCUT2D eigenvalue weighted by molar-refractivity contribution is 6.22. The lowest BCUT2D eigenvalue weighted by molar-refractivity contribution is -0.160. The molecule has 6 amide bonds. The molecule has 4 aromatic carbocycles. The number of amides is 6. The fraction of sp³-hybridized carbons (Fsp3) is 0.439. The topological polar surface area (TPSA) is 440 Å². The van der Waals surface area contributed by atoms with E-state index >= 15 is 9.59 Å². The summed E-state index contributed by atoms with van der Waals surface area (Å²) in [6, 6.07) is 17.5. The van der Waals surface area contributed by atoms with Crippen LogP contribution < -0.4 is 47.4 Å². The van der Waals surface area contributed by atoms with Gasteiger partial charge in [0.05, 0.1) is 41.6 Å². The van der Waals surface area contributed by atoms with Gasteiger partial charge in [-0.15, -0.1) is 0 Å². The molecule has 6 aliphatic rings. The molecule has 0 unspecified atom stereocenters. The summed E-state index contributed by atoms with van der Waals surface area (Å²) in [4.78, 5) is 144. The number of aliphatic hydroxyl groups excluding tert-OH is 2. The zero-order valence-electron chi connectivity index (χ0n) is 64.1. The molecule has 1 aliphatic carbocycles. The Morgan fingerprint density at radius 2 is 1.56 bits per heavy atom. The fourth-order valence-corrected chi connectivity index (χ4v) is 14.7. The molecule has 112 heavy (non-hydrogen) atoms. The molecule has 12 N–H and O–H groups in total. The number of rotatable bonds is 24. The summed E-state index contributed by atoms with van der Waals surface area (Å²) in [7, 11) is 1.41. The summed E-state index contributed by atoms with van der Waals surface area (Å²) in [5.41, 5.74) is 5.71. The maximum absolute atomic E-state index is 15.2. The summed E-state index contributed by atoms with van der Waals surface area (Å²) >= 11 is 0. The van der Waals surface area contributed by atoms with Gasteiger partial charge in [0.1, 0.15) is 46.9 Å². The number of phenolic OH excluding ortho intramolecular Hbond substituents is 2. The zero-order valence-corrected chi connectivity index (χ0v) is 64.1. The summed E-state index contributed by atoms with van der Waals surface area (Å²) in [6.07, 6.45) is 7.80. The molecule has 4 bridgehead atoms.